The van der Waals surface area contributed by atoms with E-state index in [0.29, 0.717) is 18.0 Å². The summed E-state index contributed by atoms with van der Waals surface area (Å²) in [5, 5.41) is 12.5. The number of halogens is 1. The first-order valence-electron chi connectivity index (χ1n) is 10.1. The number of carbonyl (C=O) groups is 1. The van der Waals surface area contributed by atoms with Crippen LogP contribution in [-0.4, -0.2) is 43.4 Å². The fourth-order valence-corrected chi connectivity index (χ4v) is 4.38. The molecule has 1 aliphatic heterocycles. The van der Waals surface area contributed by atoms with Crippen LogP contribution in [0.2, 0.25) is 0 Å². The minimum Gasteiger partial charge on any atom is -0.336 e. The summed E-state index contributed by atoms with van der Waals surface area (Å²) in [6.45, 7) is 3.50. The van der Waals surface area contributed by atoms with E-state index < -0.39 is 0 Å². The lowest BCUT2D eigenvalue weighted by Gasteiger charge is -2.21. The number of carbonyl (C=O) groups excluding carboxylic acids is 1. The number of fused-ring (bicyclic) bond motifs is 1. The van der Waals surface area contributed by atoms with Crippen LogP contribution in [0.15, 0.2) is 61.1 Å². The van der Waals surface area contributed by atoms with Crippen molar-refractivity contribution in [2.75, 3.05) is 6.54 Å². The van der Waals surface area contributed by atoms with Crippen molar-refractivity contribution in [2.45, 2.75) is 25.9 Å². The molecule has 0 radical (unpaired) electrons. The van der Waals surface area contributed by atoms with Gasteiger partial charge in [0.15, 0.2) is 0 Å². The third-order valence-corrected chi connectivity index (χ3v) is 5.92. The normalized spacial score (nSPS) is 18.9. The molecule has 3 heterocycles. The van der Waals surface area contributed by atoms with Crippen molar-refractivity contribution in [3.05, 3.63) is 72.4 Å². The van der Waals surface area contributed by atoms with E-state index in [9.17, 15) is 9.18 Å². The molecule has 7 heteroatoms. The monoisotopic (exact) mass is 403 g/mol. The predicted molar refractivity (Wildman–Crippen MR) is 112 cm³/mol. The van der Waals surface area contributed by atoms with Gasteiger partial charge in [0, 0.05) is 41.8 Å². The molecule has 152 valence electrons. The average Bonchev–Trinajstić information content (AvgIpc) is 3.49. The molecule has 2 aromatic heterocycles. The number of H-pyrrole nitrogens is 1. The molecule has 0 saturated carbocycles. The standard InChI is InChI=1S/C23H22FN5O/c1-15-8-16(13-28(15)23(30)17-2-5-21(24)6-3-17)14-29-22-7-4-18(9-19(22)12-27-29)20-10-25-26-11-20/h2-7,9-12,15-16H,8,13-14H2,1H3,(H,25,26). The van der Waals surface area contributed by atoms with E-state index >= 15 is 0 Å². The maximum absolute atomic E-state index is 13.2. The van der Waals surface area contributed by atoms with Crippen molar-refractivity contribution in [3.63, 3.8) is 0 Å². The number of hydrogen-bond acceptors (Lipinski definition) is 3. The molecule has 4 aromatic rings. The van der Waals surface area contributed by atoms with Gasteiger partial charge in [-0.15, -0.1) is 0 Å². The number of rotatable bonds is 4. The highest BCUT2D eigenvalue weighted by Crippen LogP contribution is 2.28. The number of likely N-dealkylation sites (tertiary alicyclic amines) is 1. The molecule has 6 nitrogen and oxygen atoms in total. The summed E-state index contributed by atoms with van der Waals surface area (Å²) in [5.41, 5.74) is 3.75. The molecule has 1 aliphatic rings. The smallest absolute Gasteiger partial charge is 0.254 e. The number of benzene rings is 2. The molecule has 1 saturated heterocycles. The Kier molecular flexibility index (Phi) is 4.58. The van der Waals surface area contributed by atoms with Gasteiger partial charge in [-0.25, -0.2) is 4.39 Å². The van der Waals surface area contributed by atoms with Gasteiger partial charge in [0.1, 0.15) is 5.82 Å². The zero-order valence-electron chi connectivity index (χ0n) is 16.6. The summed E-state index contributed by atoms with van der Waals surface area (Å²) in [6.07, 6.45) is 6.48. The maximum Gasteiger partial charge on any atom is 0.254 e. The average molecular weight is 403 g/mol. The summed E-state index contributed by atoms with van der Waals surface area (Å²) >= 11 is 0. The van der Waals surface area contributed by atoms with Gasteiger partial charge in [-0.2, -0.15) is 10.2 Å². The van der Waals surface area contributed by atoms with Crippen molar-refractivity contribution in [1.82, 2.24) is 24.9 Å². The Morgan fingerprint density at radius 1 is 1.17 bits per heavy atom. The number of hydrogen-bond donors (Lipinski definition) is 1. The van der Waals surface area contributed by atoms with Crippen LogP contribution < -0.4 is 0 Å². The highest BCUT2D eigenvalue weighted by Gasteiger charge is 2.33. The number of aromatic amines is 1. The summed E-state index contributed by atoms with van der Waals surface area (Å²) < 4.78 is 15.2. The fourth-order valence-electron chi connectivity index (χ4n) is 4.38. The van der Waals surface area contributed by atoms with Crippen LogP contribution in [0.25, 0.3) is 22.0 Å². The van der Waals surface area contributed by atoms with Gasteiger partial charge in [0.05, 0.1) is 17.9 Å². The first kappa shape index (κ1) is 18.5. The van der Waals surface area contributed by atoms with Gasteiger partial charge >= 0.3 is 0 Å². The van der Waals surface area contributed by atoms with Crippen LogP contribution in [0.1, 0.15) is 23.7 Å². The molecular weight excluding hydrogens is 381 g/mol. The van der Waals surface area contributed by atoms with E-state index in [1.165, 1.54) is 12.1 Å². The third-order valence-electron chi connectivity index (χ3n) is 5.92. The SMILES string of the molecule is CC1CC(Cn2ncc3cc(-c4cn[nH]c4)ccc32)CN1C(=O)c1ccc(F)cc1. The van der Waals surface area contributed by atoms with Crippen molar-refractivity contribution < 1.29 is 9.18 Å². The molecule has 1 N–H and O–H groups in total. The topological polar surface area (TPSA) is 66.8 Å². The summed E-state index contributed by atoms with van der Waals surface area (Å²) in [4.78, 5) is 14.7. The molecule has 0 bridgehead atoms. The number of nitrogens with one attached hydrogen (secondary N) is 1. The van der Waals surface area contributed by atoms with Crippen LogP contribution >= 0.6 is 0 Å². The molecule has 2 unspecified atom stereocenters. The lowest BCUT2D eigenvalue weighted by Crippen LogP contribution is -2.34. The Balaban J connectivity index is 1.32. The van der Waals surface area contributed by atoms with Crippen LogP contribution in [-0.2, 0) is 6.54 Å². The molecule has 1 amide bonds. The van der Waals surface area contributed by atoms with Crippen molar-refractivity contribution >= 4 is 16.8 Å². The van der Waals surface area contributed by atoms with Gasteiger partial charge in [0.25, 0.3) is 5.91 Å². The highest BCUT2D eigenvalue weighted by atomic mass is 19.1. The van der Waals surface area contributed by atoms with Crippen molar-refractivity contribution in [3.8, 4) is 11.1 Å². The lowest BCUT2D eigenvalue weighted by atomic mass is 10.1. The van der Waals surface area contributed by atoms with E-state index in [0.717, 1.165) is 35.0 Å². The Hall–Kier alpha value is -3.48. The summed E-state index contributed by atoms with van der Waals surface area (Å²) in [6, 6.07) is 12.2. The molecule has 0 aliphatic carbocycles. The first-order valence-corrected chi connectivity index (χ1v) is 10.1. The molecule has 5 rings (SSSR count). The summed E-state index contributed by atoms with van der Waals surface area (Å²) in [7, 11) is 0. The fraction of sp³-hybridized carbons (Fsp3) is 0.261. The van der Waals surface area contributed by atoms with Crippen LogP contribution in [0.5, 0.6) is 0 Å². The molecular formula is C23H22FN5O. The van der Waals surface area contributed by atoms with Gasteiger partial charge < -0.3 is 4.90 Å². The summed E-state index contributed by atoms with van der Waals surface area (Å²) in [5.74, 6) is -0.0542. The van der Waals surface area contributed by atoms with Gasteiger partial charge in [-0.05, 0) is 61.2 Å². The molecule has 30 heavy (non-hydrogen) atoms. The van der Waals surface area contributed by atoms with Crippen molar-refractivity contribution in [1.29, 1.82) is 0 Å². The second-order valence-corrected chi connectivity index (χ2v) is 8.00. The minimum absolute atomic E-state index is 0.0416. The van der Waals surface area contributed by atoms with Crippen LogP contribution in [0.3, 0.4) is 0 Å². The molecule has 2 aromatic carbocycles. The second kappa shape index (κ2) is 7.40. The second-order valence-electron chi connectivity index (χ2n) is 8.00. The third kappa shape index (κ3) is 3.36. The lowest BCUT2D eigenvalue weighted by molar-refractivity contribution is 0.0742. The van der Waals surface area contributed by atoms with Crippen LogP contribution in [0.4, 0.5) is 4.39 Å². The predicted octanol–water partition coefficient (Wildman–Crippen LogP) is 4.12. The van der Waals surface area contributed by atoms with Crippen molar-refractivity contribution in [2.24, 2.45) is 5.92 Å². The minimum atomic E-state index is -0.333. The molecule has 1 fully saturated rings. The van der Waals surface area contributed by atoms with E-state index in [1.807, 2.05) is 22.0 Å². The van der Waals surface area contributed by atoms with E-state index in [-0.39, 0.29) is 17.8 Å². The van der Waals surface area contributed by atoms with Gasteiger partial charge in [-0.3, -0.25) is 14.6 Å². The van der Waals surface area contributed by atoms with Gasteiger partial charge in [0.2, 0.25) is 0 Å². The zero-order valence-corrected chi connectivity index (χ0v) is 16.6. The quantitative estimate of drug-likeness (QED) is 0.557. The Morgan fingerprint density at radius 3 is 2.77 bits per heavy atom. The van der Waals surface area contributed by atoms with E-state index in [4.69, 9.17) is 0 Å². The van der Waals surface area contributed by atoms with Crippen LogP contribution in [0, 0.1) is 11.7 Å². The zero-order chi connectivity index (χ0) is 20.7. The van der Waals surface area contributed by atoms with Gasteiger partial charge in [-0.1, -0.05) is 6.07 Å². The number of aromatic nitrogens is 4. The largest absolute Gasteiger partial charge is 0.336 e. The number of nitrogens with zero attached hydrogens (tertiary/aromatic N) is 4. The molecule has 0 spiro atoms. The number of amides is 1. The van der Waals surface area contributed by atoms with E-state index in [1.54, 1.807) is 18.3 Å². The molecule has 2 atom stereocenters. The first-order chi connectivity index (χ1) is 14.6. The Labute approximate surface area is 173 Å². The maximum atomic E-state index is 13.2. The van der Waals surface area contributed by atoms with E-state index in [2.05, 4.69) is 40.4 Å². The Bertz CT molecular complexity index is 1180. The highest BCUT2D eigenvalue weighted by molar-refractivity contribution is 5.94. The Morgan fingerprint density at radius 2 is 2.00 bits per heavy atom.